The van der Waals surface area contributed by atoms with E-state index in [0.717, 1.165) is 12.4 Å². The van der Waals surface area contributed by atoms with Crippen LogP contribution >= 0.6 is 0 Å². The molecule has 3 nitrogen and oxygen atoms in total. The van der Waals surface area contributed by atoms with E-state index in [1.165, 1.54) is 6.92 Å². The molecule has 5 heteroatoms. The Labute approximate surface area is 68.1 Å². The topological polar surface area (TPSA) is 46.0 Å². The van der Waals surface area contributed by atoms with E-state index in [1.807, 2.05) is 0 Å². The highest BCUT2D eigenvalue weighted by molar-refractivity contribution is 5.04. The number of alkyl halides is 2. The van der Waals surface area contributed by atoms with Crippen molar-refractivity contribution in [2.45, 2.75) is 19.5 Å². The zero-order valence-electron chi connectivity index (χ0n) is 6.41. The third-order valence-corrected chi connectivity index (χ3v) is 1.34. The molecule has 12 heavy (non-hydrogen) atoms. The Kier molecular flexibility index (Phi) is 2.65. The first-order valence-electron chi connectivity index (χ1n) is 3.39. The molecular weight excluding hydrogens is 166 g/mol. The van der Waals surface area contributed by atoms with Crippen LogP contribution in [0.4, 0.5) is 8.78 Å². The van der Waals surface area contributed by atoms with Crippen molar-refractivity contribution in [1.29, 1.82) is 0 Å². The van der Waals surface area contributed by atoms with E-state index in [9.17, 15) is 8.78 Å². The molecule has 1 aromatic heterocycles. The van der Waals surface area contributed by atoms with Crippen molar-refractivity contribution in [1.82, 2.24) is 9.97 Å². The minimum Gasteiger partial charge on any atom is -0.387 e. The third-order valence-electron chi connectivity index (χ3n) is 1.34. The van der Waals surface area contributed by atoms with Gasteiger partial charge in [0, 0.05) is 0 Å². The van der Waals surface area contributed by atoms with Gasteiger partial charge in [-0.2, -0.15) is 0 Å². The van der Waals surface area contributed by atoms with Crippen molar-refractivity contribution in [2.24, 2.45) is 0 Å². The Morgan fingerprint density at radius 1 is 1.25 bits per heavy atom. The van der Waals surface area contributed by atoms with E-state index in [4.69, 9.17) is 5.11 Å². The third kappa shape index (κ3) is 1.94. The summed E-state index contributed by atoms with van der Waals surface area (Å²) in [6, 6.07) is 0. The summed E-state index contributed by atoms with van der Waals surface area (Å²) in [5.74, 6) is 0. The van der Waals surface area contributed by atoms with Crippen molar-refractivity contribution < 1.29 is 13.9 Å². The molecule has 0 spiro atoms. The fraction of sp³-hybridized carbons (Fsp3) is 0.429. The van der Waals surface area contributed by atoms with Crippen molar-refractivity contribution >= 4 is 0 Å². The van der Waals surface area contributed by atoms with Gasteiger partial charge in [-0.05, 0) is 6.92 Å². The molecule has 1 rings (SSSR count). The van der Waals surface area contributed by atoms with E-state index < -0.39 is 12.5 Å². The highest BCUT2D eigenvalue weighted by Gasteiger charge is 2.09. The van der Waals surface area contributed by atoms with Gasteiger partial charge < -0.3 is 5.11 Å². The monoisotopic (exact) mass is 174 g/mol. The number of aliphatic hydroxyl groups is 1. The summed E-state index contributed by atoms with van der Waals surface area (Å²) in [6.07, 6.45) is -1.27. The Morgan fingerprint density at radius 3 is 2.08 bits per heavy atom. The average Bonchev–Trinajstić information content (AvgIpc) is 2.04. The quantitative estimate of drug-likeness (QED) is 0.738. The van der Waals surface area contributed by atoms with Crippen molar-refractivity contribution in [3.8, 4) is 0 Å². The van der Waals surface area contributed by atoms with Crippen LogP contribution in [-0.4, -0.2) is 15.1 Å². The molecule has 0 fully saturated rings. The summed E-state index contributed by atoms with van der Waals surface area (Å²) >= 11 is 0. The molecular formula is C7H8F2N2O. The maximum Gasteiger partial charge on any atom is 0.281 e. The van der Waals surface area contributed by atoms with Crippen LogP contribution in [0, 0.1) is 0 Å². The molecule has 66 valence electrons. The van der Waals surface area contributed by atoms with Crippen LogP contribution in [0.3, 0.4) is 0 Å². The van der Waals surface area contributed by atoms with Gasteiger partial charge in [-0.3, -0.25) is 9.97 Å². The molecule has 1 N–H and O–H groups in total. The Morgan fingerprint density at radius 2 is 1.75 bits per heavy atom. The summed E-state index contributed by atoms with van der Waals surface area (Å²) in [6.45, 7) is 1.49. The van der Waals surface area contributed by atoms with Gasteiger partial charge in [-0.1, -0.05) is 0 Å². The highest BCUT2D eigenvalue weighted by Crippen LogP contribution is 2.15. The number of hydrogen-bond donors (Lipinski definition) is 1. The van der Waals surface area contributed by atoms with E-state index in [1.54, 1.807) is 0 Å². The number of aromatic nitrogens is 2. The molecule has 1 unspecified atom stereocenters. The molecule has 1 atom stereocenters. The van der Waals surface area contributed by atoms with Crippen LogP contribution in [-0.2, 0) is 0 Å². The second-order valence-corrected chi connectivity index (χ2v) is 2.34. The highest BCUT2D eigenvalue weighted by atomic mass is 19.3. The second-order valence-electron chi connectivity index (χ2n) is 2.34. The van der Waals surface area contributed by atoms with Gasteiger partial charge in [0.1, 0.15) is 5.69 Å². The minimum atomic E-state index is -2.61. The van der Waals surface area contributed by atoms with Gasteiger partial charge in [0.25, 0.3) is 6.43 Å². The number of halogens is 2. The van der Waals surface area contributed by atoms with Gasteiger partial charge >= 0.3 is 0 Å². The molecule has 0 aliphatic carbocycles. The first-order chi connectivity index (χ1) is 5.61. The Hall–Kier alpha value is -1.10. The van der Waals surface area contributed by atoms with Gasteiger partial charge in [-0.25, -0.2) is 8.78 Å². The summed E-state index contributed by atoms with van der Waals surface area (Å²) < 4.78 is 23.9. The summed E-state index contributed by atoms with van der Waals surface area (Å²) in [5.41, 5.74) is -0.0844. The summed E-state index contributed by atoms with van der Waals surface area (Å²) in [7, 11) is 0. The molecule has 0 saturated carbocycles. The summed E-state index contributed by atoms with van der Waals surface area (Å²) in [5, 5.41) is 8.96. The van der Waals surface area contributed by atoms with Gasteiger partial charge in [0.15, 0.2) is 0 Å². The molecule has 1 aromatic rings. The maximum absolute atomic E-state index is 11.9. The number of aliphatic hydroxyl groups excluding tert-OH is 1. The molecule has 0 bridgehead atoms. The predicted molar refractivity (Wildman–Crippen MR) is 37.6 cm³/mol. The fourth-order valence-corrected chi connectivity index (χ4v) is 0.676. The average molecular weight is 174 g/mol. The number of rotatable bonds is 2. The molecule has 0 aliphatic heterocycles. The first kappa shape index (κ1) is 8.99. The Bertz CT molecular complexity index is 221. The van der Waals surface area contributed by atoms with Crippen LogP contribution in [0.5, 0.6) is 0 Å². The molecule has 0 amide bonds. The van der Waals surface area contributed by atoms with Crippen molar-refractivity contribution in [2.75, 3.05) is 0 Å². The van der Waals surface area contributed by atoms with Gasteiger partial charge in [0.05, 0.1) is 24.2 Å². The van der Waals surface area contributed by atoms with Gasteiger partial charge in [0.2, 0.25) is 0 Å². The minimum absolute atomic E-state index is 0.291. The lowest BCUT2D eigenvalue weighted by Gasteiger charge is -2.03. The number of hydrogen-bond acceptors (Lipinski definition) is 3. The standard InChI is InChI=1S/C7H8F2N2O/c1-4(12)5-2-11-6(3-10-5)7(8)9/h2-4,7,12H,1H3. The number of nitrogens with zero attached hydrogens (tertiary/aromatic N) is 2. The Balaban J connectivity index is 2.86. The van der Waals surface area contributed by atoms with Crippen LogP contribution in [0.2, 0.25) is 0 Å². The van der Waals surface area contributed by atoms with Crippen molar-refractivity contribution in [3.63, 3.8) is 0 Å². The lowest BCUT2D eigenvalue weighted by molar-refractivity contribution is 0.144. The maximum atomic E-state index is 11.9. The SMILES string of the molecule is CC(O)c1cnc(C(F)F)cn1. The van der Waals surface area contributed by atoms with E-state index in [0.29, 0.717) is 5.69 Å². The van der Waals surface area contributed by atoms with Crippen LogP contribution in [0.1, 0.15) is 30.8 Å². The largest absolute Gasteiger partial charge is 0.387 e. The summed E-state index contributed by atoms with van der Waals surface area (Å²) in [4.78, 5) is 7.03. The molecule has 0 radical (unpaired) electrons. The van der Waals surface area contributed by atoms with Crippen LogP contribution in [0.15, 0.2) is 12.4 Å². The van der Waals surface area contributed by atoms with E-state index >= 15 is 0 Å². The normalized spacial score (nSPS) is 13.4. The molecule has 0 aliphatic rings. The lowest BCUT2D eigenvalue weighted by atomic mass is 10.3. The molecule has 0 saturated heterocycles. The van der Waals surface area contributed by atoms with Crippen LogP contribution in [0.25, 0.3) is 0 Å². The zero-order valence-corrected chi connectivity index (χ0v) is 6.41. The zero-order chi connectivity index (χ0) is 9.14. The predicted octanol–water partition coefficient (Wildman–Crippen LogP) is 1.47. The second kappa shape index (κ2) is 3.53. The first-order valence-corrected chi connectivity index (χ1v) is 3.39. The fourth-order valence-electron chi connectivity index (χ4n) is 0.676. The lowest BCUT2D eigenvalue weighted by Crippen LogP contribution is -1.99. The van der Waals surface area contributed by atoms with E-state index in [-0.39, 0.29) is 5.69 Å². The molecule has 1 heterocycles. The van der Waals surface area contributed by atoms with Crippen molar-refractivity contribution in [3.05, 3.63) is 23.8 Å². The van der Waals surface area contributed by atoms with E-state index in [2.05, 4.69) is 9.97 Å². The molecule has 0 aromatic carbocycles. The smallest absolute Gasteiger partial charge is 0.281 e. The van der Waals surface area contributed by atoms with Gasteiger partial charge in [-0.15, -0.1) is 0 Å². The van der Waals surface area contributed by atoms with Crippen LogP contribution < -0.4 is 0 Å².